The molecule has 0 bridgehead atoms. The lowest BCUT2D eigenvalue weighted by molar-refractivity contribution is 0.104. The van der Waals surface area contributed by atoms with Crippen LogP contribution in [0.3, 0.4) is 0 Å². The van der Waals surface area contributed by atoms with E-state index in [2.05, 4.69) is 0 Å². The highest BCUT2D eigenvalue weighted by Gasteiger charge is 2.12. The number of benzene rings is 2. The average Bonchev–Trinajstić information content (AvgIpc) is 2.59. The topological polar surface area (TPSA) is 73.9 Å². The fraction of sp³-hybridized carbons (Fsp3) is 0.0556. The number of carbonyl (C=O) groups is 1. The Kier molecular flexibility index (Phi) is 5.07. The van der Waals surface area contributed by atoms with Gasteiger partial charge in [-0.05, 0) is 12.1 Å². The van der Waals surface area contributed by atoms with Gasteiger partial charge in [0.15, 0.2) is 6.61 Å². The molecule has 0 radical (unpaired) electrons. The fourth-order valence-corrected chi connectivity index (χ4v) is 1.89. The van der Waals surface area contributed by atoms with Crippen LogP contribution in [0.1, 0.15) is 15.9 Å². The molecule has 0 atom stereocenters. The van der Waals surface area contributed by atoms with Gasteiger partial charge in [0, 0.05) is 11.1 Å². The van der Waals surface area contributed by atoms with Crippen LogP contribution in [0, 0.1) is 22.7 Å². The molecule has 0 amide bonds. The van der Waals surface area contributed by atoms with Gasteiger partial charge in [0.05, 0.1) is 0 Å². The fourth-order valence-electron chi connectivity index (χ4n) is 1.89. The maximum Gasteiger partial charge on any atom is 0.203 e. The van der Waals surface area contributed by atoms with Crippen LogP contribution >= 0.6 is 0 Å². The second-order valence-corrected chi connectivity index (χ2v) is 4.35. The molecule has 0 aliphatic carbocycles. The van der Waals surface area contributed by atoms with Crippen molar-refractivity contribution in [1.82, 2.24) is 0 Å². The minimum Gasteiger partial charge on any atom is -0.478 e. The lowest BCUT2D eigenvalue weighted by Gasteiger charge is -2.06. The number of hydrogen-bond acceptors (Lipinski definition) is 4. The van der Waals surface area contributed by atoms with Crippen molar-refractivity contribution >= 4 is 11.9 Å². The number of carbonyl (C=O) groups excluding carboxylic acids is 1. The van der Waals surface area contributed by atoms with Crippen LogP contribution in [-0.2, 0) is 0 Å². The molecule has 106 valence electrons. The summed E-state index contributed by atoms with van der Waals surface area (Å²) >= 11 is 0. The largest absolute Gasteiger partial charge is 0.478 e. The van der Waals surface area contributed by atoms with Gasteiger partial charge in [-0.25, -0.2) is 0 Å². The number of ketones is 1. The summed E-state index contributed by atoms with van der Waals surface area (Å²) in [5.41, 5.74) is 1.04. The number of para-hydroxylation sites is 1. The summed E-state index contributed by atoms with van der Waals surface area (Å²) in [7, 11) is 0. The summed E-state index contributed by atoms with van der Waals surface area (Å²) in [6.07, 6.45) is 1.47. The third kappa shape index (κ3) is 3.59. The summed E-state index contributed by atoms with van der Waals surface area (Å²) in [4.78, 5) is 12.3. The summed E-state index contributed by atoms with van der Waals surface area (Å²) in [5, 5.41) is 17.8. The Morgan fingerprint density at radius 1 is 1.05 bits per heavy atom. The Bertz CT molecular complexity index is 781. The Morgan fingerprint density at radius 3 is 2.41 bits per heavy atom. The van der Waals surface area contributed by atoms with Crippen molar-refractivity contribution in [2.45, 2.75) is 0 Å². The predicted octanol–water partition coefficient (Wildman–Crippen LogP) is 3.38. The van der Waals surface area contributed by atoms with Crippen molar-refractivity contribution in [1.29, 1.82) is 10.5 Å². The van der Waals surface area contributed by atoms with Gasteiger partial charge in [-0.15, -0.1) is 0 Å². The van der Waals surface area contributed by atoms with E-state index < -0.39 is 0 Å². The monoisotopic (exact) mass is 288 g/mol. The molecule has 4 heteroatoms. The van der Waals surface area contributed by atoms with E-state index >= 15 is 0 Å². The first-order chi connectivity index (χ1) is 10.8. The maximum absolute atomic E-state index is 12.3. The van der Waals surface area contributed by atoms with Crippen LogP contribution in [0.4, 0.5) is 0 Å². The number of nitriles is 2. The van der Waals surface area contributed by atoms with Crippen molar-refractivity contribution in [2.75, 3.05) is 6.61 Å². The van der Waals surface area contributed by atoms with Crippen molar-refractivity contribution < 1.29 is 9.53 Å². The van der Waals surface area contributed by atoms with Gasteiger partial charge in [0.2, 0.25) is 5.78 Å². The minimum atomic E-state index is -0.349. The Balaban J connectivity index is 2.36. The van der Waals surface area contributed by atoms with E-state index in [0.29, 0.717) is 16.9 Å². The Labute approximate surface area is 128 Å². The summed E-state index contributed by atoms with van der Waals surface area (Å²) < 4.78 is 5.29. The second kappa shape index (κ2) is 7.42. The van der Waals surface area contributed by atoms with Crippen LogP contribution in [0.25, 0.3) is 6.08 Å². The molecule has 0 saturated carbocycles. The number of Topliss-reactive ketones (excluding diaryl/α,β-unsaturated/α-hetero) is 1. The lowest BCUT2D eigenvalue weighted by atomic mass is 10.0. The van der Waals surface area contributed by atoms with E-state index in [-0.39, 0.29) is 18.0 Å². The van der Waals surface area contributed by atoms with Gasteiger partial charge in [-0.2, -0.15) is 10.5 Å². The van der Waals surface area contributed by atoms with E-state index in [1.807, 2.05) is 12.1 Å². The van der Waals surface area contributed by atoms with E-state index in [4.69, 9.17) is 10.00 Å². The first kappa shape index (κ1) is 15.0. The zero-order chi connectivity index (χ0) is 15.8. The molecule has 0 aliphatic heterocycles. The predicted molar refractivity (Wildman–Crippen MR) is 81.9 cm³/mol. The third-order valence-corrected chi connectivity index (χ3v) is 2.91. The van der Waals surface area contributed by atoms with E-state index in [9.17, 15) is 10.1 Å². The Morgan fingerprint density at radius 2 is 1.73 bits per heavy atom. The maximum atomic E-state index is 12.3. The van der Waals surface area contributed by atoms with Crippen LogP contribution < -0.4 is 4.74 Å². The van der Waals surface area contributed by atoms with Crippen LogP contribution in [0.5, 0.6) is 5.75 Å². The van der Waals surface area contributed by atoms with E-state index in [1.165, 1.54) is 6.08 Å². The average molecular weight is 288 g/mol. The van der Waals surface area contributed by atoms with E-state index in [1.54, 1.807) is 54.6 Å². The first-order valence-electron chi connectivity index (χ1n) is 6.56. The molecule has 4 nitrogen and oxygen atoms in total. The lowest BCUT2D eigenvalue weighted by Crippen LogP contribution is -2.02. The highest BCUT2D eigenvalue weighted by Crippen LogP contribution is 2.22. The van der Waals surface area contributed by atoms with Crippen LogP contribution in [0.15, 0.2) is 60.2 Å². The highest BCUT2D eigenvalue weighted by atomic mass is 16.5. The first-order valence-corrected chi connectivity index (χ1v) is 6.56. The molecule has 0 aromatic heterocycles. The van der Waals surface area contributed by atoms with Gasteiger partial charge >= 0.3 is 0 Å². The summed E-state index contributed by atoms with van der Waals surface area (Å²) in [6.45, 7) is -0.0978. The van der Waals surface area contributed by atoms with Gasteiger partial charge in [0.1, 0.15) is 23.5 Å². The van der Waals surface area contributed by atoms with Gasteiger partial charge < -0.3 is 4.74 Å². The molecular formula is C18H12N2O2. The van der Waals surface area contributed by atoms with Crippen molar-refractivity contribution in [3.63, 3.8) is 0 Å². The zero-order valence-corrected chi connectivity index (χ0v) is 11.7. The molecular weight excluding hydrogens is 276 g/mol. The SMILES string of the molecule is N#CCOc1ccccc1/C=C(\C#N)C(=O)c1ccccc1. The molecule has 0 heterocycles. The summed E-state index contributed by atoms with van der Waals surface area (Å²) in [5.74, 6) is 0.107. The zero-order valence-electron chi connectivity index (χ0n) is 11.7. The van der Waals surface area contributed by atoms with Gasteiger partial charge in [-0.3, -0.25) is 4.79 Å². The number of allylic oxidation sites excluding steroid dienone is 1. The minimum absolute atomic E-state index is 0.0132. The van der Waals surface area contributed by atoms with Gasteiger partial charge in [-0.1, -0.05) is 48.5 Å². The van der Waals surface area contributed by atoms with Crippen molar-refractivity contribution in [2.24, 2.45) is 0 Å². The molecule has 2 rings (SSSR count). The molecule has 0 saturated heterocycles. The molecule has 0 fully saturated rings. The molecule has 0 unspecified atom stereocenters. The molecule has 0 spiro atoms. The Hall–Kier alpha value is -3.37. The van der Waals surface area contributed by atoms with E-state index in [0.717, 1.165) is 0 Å². The second-order valence-electron chi connectivity index (χ2n) is 4.35. The standard InChI is InChI=1S/C18H12N2O2/c19-10-11-22-17-9-5-4-8-15(17)12-16(13-20)18(21)14-6-2-1-3-7-14/h1-9,12H,11H2/b16-12+. The molecule has 2 aromatic carbocycles. The molecule has 0 N–H and O–H groups in total. The smallest absolute Gasteiger partial charge is 0.203 e. The number of rotatable bonds is 5. The summed E-state index contributed by atoms with van der Waals surface area (Å²) in [6, 6.07) is 19.4. The van der Waals surface area contributed by atoms with Crippen molar-refractivity contribution in [3.05, 3.63) is 71.3 Å². The highest BCUT2D eigenvalue weighted by molar-refractivity contribution is 6.14. The van der Waals surface area contributed by atoms with Crippen LogP contribution in [-0.4, -0.2) is 12.4 Å². The number of hydrogen-bond donors (Lipinski definition) is 0. The third-order valence-electron chi connectivity index (χ3n) is 2.91. The number of nitrogens with zero attached hydrogens (tertiary/aromatic N) is 2. The van der Waals surface area contributed by atoms with Crippen molar-refractivity contribution in [3.8, 4) is 17.9 Å². The quantitative estimate of drug-likeness (QED) is 0.480. The number of ether oxygens (including phenoxy) is 1. The molecule has 22 heavy (non-hydrogen) atoms. The molecule has 0 aliphatic rings. The normalized spacial score (nSPS) is 10.4. The molecule has 2 aromatic rings. The van der Waals surface area contributed by atoms with Gasteiger partial charge in [0.25, 0.3) is 0 Å². The van der Waals surface area contributed by atoms with Crippen LogP contribution in [0.2, 0.25) is 0 Å².